The zero-order valence-electron chi connectivity index (χ0n) is 77.5. The Morgan fingerprint density at radius 2 is 1.17 bits per heavy atom. The first-order valence-corrected chi connectivity index (χ1v) is 45.4. The third-order valence-electron chi connectivity index (χ3n) is 27.1. The van der Waals surface area contributed by atoms with Gasteiger partial charge in [-0.15, -0.1) is 0 Å². The summed E-state index contributed by atoms with van der Waals surface area (Å²) >= 11 is 14.4. The van der Waals surface area contributed by atoms with Gasteiger partial charge in [0.1, 0.15) is 105 Å². The van der Waals surface area contributed by atoms with Crippen molar-refractivity contribution in [3.63, 3.8) is 0 Å². The van der Waals surface area contributed by atoms with Gasteiger partial charge in [0.15, 0.2) is 45.8 Å². The van der Waals surface area contributed by atoms with Crippen LogP contribution < -0.4 is 71.5 Å². The second kappa shape index (κ2) is 39.2. The lowest BCUT2D eigenvalue weighted by molar-refractivity contribution is -0.441. The number of phenols is 4. The molecule has 137 heavy (non-hydrogen) atoms. The van der Waals surface area contributed by atoms with Gasteiger partial charge in [0.05, 0.1) is 16.7 Å². The number of amides is 8. The van der Waals surface area contributed by atoms with Crippen molar-refractivity contribution in [2.45, 2.75) is 239 Å². The van der Waals surface area contributed by atoms with Crippen LogP contribution >= 0.6 is 23.2 Å². The van der Waals surface area contributed by atoms with Crippen LogP contribution in [0.2, 0.25) is 10.0 Å². The molecular formula is C96H116Cl2N10O29. The number of hydrogen-bond acceptors (Lipinski definition) is 30. The van der Waals surface area contributed by atoms with Crippen LogP contribution in [0, 0.1) is 5.92 Å². The van der Waals surface area contributed by atoms with Gasteiger partial charge in [-0.2, -0.15) is 0 Å². The van der Waals surface area contributed by atoms with Crippen LogP contribution in [0.5, 0.6) is 69.0 Å². The van der Waals surface area contributed by atoms with E-state index in [-0.39, 0.29) is 59.7 Å². The summed E-state index contributed by atoms with van der Waals surface area (Å²) in [6.07, 6.45) is 2.37. The summed E-state index contributed by atoms with van der Waals surface area (Å²) in [7, 11) is 4.94. The predicted octanol–water partition coefficient (Wildman–Crippen LogP) is 6.61. The van der Waals surface area contributed by atoms with Gasteiger partial charge in [-0.25, -0.2) is 4.79 Å². The molecule has 7 aromatic rings. The largest absolute Gasteiger partial charge is 0.508 e. The monoisotopic (exact) mass is 1940 g/mol. The van der Waals surface area contributed by atoms with Crippen molar-refractivity contribution in [3.05, 3.63) is 164 Å². The van der Waals surface area contributed by atoms with E-state index >= 15 is 28.8 Å². The highest BCUT2D eigenvalue weighted by molar-refractivity contribution is 6.33. The minimum absolute atomic E-state index is 0.124. The van der Waals surface area contributed by atoms with Gasteiger partial charge in [-0.1, -0.05) is 106 Å². The molecular weight excluding hydrogens is 1830 g/mol. The van der Waals surface area contributed by atoms with Gasteiger partial charge in [-0.05, 0) is 194 Å². The lowest BCUT2D eigenvalue weighted by atomic mass is 9.61. The predicted molar refractivity (Wildman–Crippen MR) is 490 cm³/mol. The van der Waals surface area contributed by atoms with Crippen molar-refractivity contribution in [2.75, 3.05) is 40.8 Å². The molecule has 738 valence electrons. The van der Waals surface area contributed by atoms with Gasteiger partial charge in [0.25, 0.3) is 0 Å². The molecule has 22 N–H and O–H groups in total. The van der Waals surface area contributed by atoms with E-state index in [2.05, 4.69) is 61.7 Å². The zero-order valence-corrected chi connectivity index (χ0v) is 79.0. The molecule has 2 saturated heterocycles. The molecule has 0 aliphatic carbocycles. The smallest absolute Gasteiger partial charge is 0.339 e. The fraction of sp³-hybridized carbons (Fsp3) is 0.469. The van der Waals surface area contributed by atoms with Gasteiger partial charge in [0, 0.05) is 62.1 Å². The van der Waals surface area contributed by atoms with Crippen molar-refractivity contribution in [3.8, 4) is 80.1 Å². The average molecular weight is 1940 g/mol. The minimum Gasteiger partial charge on any atom is -0.508 e. The number of ether oxygens (including phenoxy) is 7. The van der Waals surface area contributed by atoms with Crippen LogP contribution in [0.25, 0.3) is 11.1 Å². The number of carboxylic acids is 1. The third kappa shape index (κ3) is 19.7. The molecule has 8 heterocycles. The average Bonchev–Trinajstić information content (AvgIpc) is 0.688. The summed E-state index contributed by atoms with van der Waals surface area (Å²) in [6.45, 7) is 11.3. The number of aliphatic carboxylic acids is 1. The summed E-state index contributed by atoms with van der Waals surface area (Å²) in [4.78, 5) is 143. The Hall–Kier alpha value is -11.9. The number of nitrogens with one attached hydrogen (secondary N) is 9. The number of benzene rings is 7. The van der Waals surface area contributed by atoms with Gasteiger partial charge in [-0.3, -0.25) is 38.4 Å². The molecule has 17 unspecified atom stereocenters. The molecule has 8 aliphatic rings. The quantitative estimate of drug-likeness (QED) is 0.0251. The highest BCUT2D eigenvalue weighted by atomic mass is 35.5. The molecule has 8 aliphatic heterocycles. The number of phenolic OH excluding ortho intramolecular Hbond substituents is 4. The number of unbranched alkanes of at least 4 members (excludes halogenated alkanes) is 5. The molecule has 0 aromatic heterocycles. The van der Waals surface area contributed by atoms with E-state index in [1.807, 2.05) is 0 Å². The lowest BCUT2D eigenvalue weighted by Gasteiger charge is -2.64. The first-order chi connectivity index (χ1) is 64.1. The highest BCUT2D eigenvalue weighted by Crippen LogP contribution is 2.58. The van der Waals surface area contributed by atoms with Crippen LogP contribution in [0.3, 0.4) is 0 Å². The fourth-order valence-electron chi connectivity index (χ4n) is 18.0. The Bertz CT molecular complexity index is 5860. The number of carbonyl (C=O) groups excluding carboxylic acids is 8. The van der Waals surface area contributed by atoms with E-state index in [0.29, 0.717) is 25.3 Å². The molecule has 17 atom stereocenters. The van der Waals surface area contributed by atoms with Crippen molar-refractivity contribution in [1.82, 2.24) is 52.8 Å². The topological polar surface area (TPSA) is 593 Å². The Morgan fingerprint density at radius 3 is 1.82 bits per heavy atom. The first kappa shape index (κ1) is 102. The number of fused-ring (bicyclic) bond motifs is 14. The second-order valence-electron chi connectivity index (χ2n) is 37.5. The Labute approximate surface area is 797 Å². The standard InChI is InChI=1S/C96H116Cl2N10O29/c1-46(2)21-18-16-14-15-17-19-22-68(114)102-86-90(5,137-89(4,87(123)124)92(7,126)96(86,129)130)135-78-66-39-51-40-67(78)133-63-32-27-50(37-58(63)97)77(115)76-85(122)106-74(80(117)100-33-20-34-108(12)13)56-41-52(110)42-65(134-95(10)94(9,128)93(8,127)91(6,125)88(3,45-109)136-95)69(56)55-36-48(25-30-60(55)111)72(82(119)107-76)103-83(120)73(51)104-84(121)75-57-43-54(44-62(113)70(57)98)132-64-38-49(26-31-61(64)112)71(99-11)81(118)101-59(79(116)105-75)35-47-23-28-53(131-66)29-24-47/h23-32,36-44,46,59,71-77,86,99,109-113,115,125-130H,14-22,33-35,45H2,1-13H3,(H,100,117)(H,101,118)(H,102,114)(H,103,120)(H,104,121)(H,105,116)(H,106,122)(H,107,119)(H,123,124). The zero-order chi connectivity index (χ0) is 100. The molecule has 0 radical (unpaired) electrons. The molecule has 0 spiro atoms. The maximum atomic E-state index is 17.1. The fourth-order valence-corrected chi connectivity index (χ4v) is 18.5. The van der Waals surface area contributed by atoms with Crippen molar-refractivity contribution < 1.29 is 143 Å². The summed E-state index contributed by atoms with van der Waals surface area (Å²) in [5.41, 5.74) is -19.9. The molecule has 8 amide bonds. The van der Waals surface area contributed by atoms with Crippen LogP contribution in [-0.2, 0) is 59.0 Å². The second-order valence-corrected chi connectivity index (χ2v) is 38.3. The molecule has 39 nitrogen and oxygen atoms in total. The lowest BCUT2D eigenvalue weighted by Crippen LogP contribution is -2.85. The number of carboxylic acid groups (broad SMARTS) is 1. The molecule has 0 saturated carbocycles. The third-order valence-corrected chi connectivity index (χ3v) is 27.8. The van der Waals surface area contributed by atoms with Crippen molar-refractivity contribution >= 4 is 76.4 Å². The number of aliphatic hydroxyl groups excluding tert-OH is 2. The number of rotatable bonds is 22. The Balaban J connectivity index is 1.08. The number of carbonyl (C=O) groups is 9. The maximum Gasteiger partial charge on any atom is 0.339 e. The van der Waals surface area contributed by atoms with Crippen LogP contribution in [0.1, 0.15) is 202 Å². The SMILES string of the molecule is CNC1C(=O)NC2Cc3ccc(cc3)Oc3cc4cc(c3OC3(C)OC(C)(C(=O)O)C(C)(O)C(O)(O)C3NC(=O)CCCCCCCCC(C)C)Oc3ccc(cc3Cl)C(O)C3NC(=O)C(NC(=O)C4NC(=O)C(NC2=O)c2cc(cc(O)c2Cl)Oc2cc1ccc2O)c1ccc(O)c(c1)-c1c(OC2(C)OC(C)(CO)C(C)(O)C(C)(O)C2(C)O)cc(O)cc1C(C(=O)NCCCN(C)C)NC3=O. The molecule has 2 fully saturated rings. The van der Waals surface area contributed by atoms with E-state index in [4.69, 9.17) is 56.4 Å². The normalized spacial score (nSPS) is 29.2. The van der Waals surface area contributed by atoms with E-state index < -0.39 is 267 Å². The van der Waals surface area contributed by atoms with Crippen LogP contribution in [0.15, 0.2) is 115 Å². The molecule has 41 heteroatoms. The Kier molecular flexibility index (Phi) is 29.3. The van der Waals surface area contributed by atoms with Gasteiger partial charge >= 0.3 is 5.97 Å². The van der Waals surface area contributed by atoms with Gasteiger partial charge < -0.3 is 152 Å². The number of likely N-dealkylation sites (N-methyl/N-ethyl adjacent to an activating group) is 1. The molecule has 15 rings (SSSR count). The van der Waals surface area contributed by atoms with Crippen LogP contribution in [-0.4, -0.2) is 234 Å². The molecule has 17 bridgehead atoms. The number of nitrogens with zero attached hydrogens (tertiary/aromatic N) is 1. The molecule has 7 aromatic carbocycles. The van der Waals surface area contributed by atoms with Crippen molar-refractivity contribution in [1.29, 1.82) is 0 Å². The highest BCUT2D eigenvalue weighted by Gasteiger charge is 2.77. The summed E-state index contributed by atoms with van der Waals surface area (Å²) < 4.78 is 46.4. The number of halogens is 2. The van der Waals surface area contributed by atoms with Crippen LogP contribution in [0.4, 0.5) is 0 Å². The Morgan fingerprint density at radius 1 is 0.562 bits per heavy atom. The minimum atomic E-state index is -3.82. The summed E-state index contributed by atoms with van der Waals surface area (Å²) in [5, 5.41) is 182. The first-order valence-electron chi connectivity index (χ1n) is 44.7. The summed E-state index contributed by atoms with van der Waals surface area (Å²) in [6, 6.07) is 4.30. The summed E-state index contributed by atoms with van der Waals surface area (Å²) in [5.74, 6) is -28.4. The van der Waals surface area contributed by atoms with Gasteiger partial charge in [0.2, 0.25) is 70.4 Å². The maximum absolute atomic E-state index is 17.1. The number of aliphatic hydroxyl groups is 8. The van der Waals surface area contributed by atoms with E-state index in [0.717, 1.165) is 147 Å². The van der Waals surface area contributed by atoms with E-state index in [1.165, 1.54) is 56.4 Å². The van der Waals surface area contributed by atoms with Crippen molar-refractivity contribution in [2.24, 2.45) is 5.92 Å². The number of aromatic hydroxyl groups is 4. The van der Waals surface area contributed by atoms with E-state index in [9.17, 15) is 80.8 Å². The van der Waals surface area contributed by atoms with E-state index in [1.54, 1.807) is 19.0 Å². The number of hydrogen-bond donors (Lipinski definition) is 22.